The first-order chi connectivity index (χ1) is 10.4. The fraction of sp³-hybridized carbons (Fsp3) is 0.353. The molecule has 0 saturated carbocycles. The summed E-state index contributed by atoms with van der Waals surface area (Å²) in [6.45, 7) is 7.17. The fourth-order valence-electron chi connectivity index (χ4n) is 2.40. The third kappa shape index (κ3) is 3.67. The Morgan fingerprint density at radius 3 is 2.55 bits per heavy atom. The van der Waals surface area contributed by atoms with Crippen molar-refractivity contribution in [2.24, 2.45) is 0 Å². The van der Waals surface area contributed by atoms with Crippen LogP contribution in [0, 0.1) is 0 Å². The molecule has 1 aliphatic heterocycles. The number of rotatable bonds is 5. The first-order valence-electron chi connectivity index (χ1n) is 7.26. The number of hydrogen-bond donors (Lipinski definition) is 0. The highest BCUT2D eigenvalue weighted by Crippen LogP contribution is 2.33. The normalized spacial score (nSPS) is 17.1. The maximum atomic E-state index is 12.5. The van der Waals surface area contributed by atoms with E-state index >= 15 is 0 Å². The van der Waals surface area contributed by atoms with E-state index in [1.807, 2.05) is 24.3 Å². The monoisotopic (exact) mass is 317 g/mol. The van der Waals surface area contributed by atoms with E-state index in [1.165, 1.54) is 0 Å². The lowest BCUT2D eigenvalue weighted by Gasteiger charge is -2.23. The van der Waals surface area contributed by atoms with Gasteiger partial charge in [-0.3, -0.25) is 9.69 Å². The molecule has 1 amide bonds. The lowest BCUT2D eigenvalue weighted by atomic mass is 10.2. The van der Waals surface area contributed by atoms with Crippen molar-refractivity contribution in [2.75, 3.05) is 25.7 Å². The smallest absolute Gasteiger partial charge is 0.255 e. The van der Waals surface area contributed by atoms with Crippen molar-refractivity contribution < 1.29 is 14.3 Å². The molecule has 1 aromatic rings. The average Bonchev–Trinajstić information content (AvgIpc) is 2.73. The highest BCUT2D eigenvalue weighted by molar-refractivity contribution is 6.81. The maximum absolute atomic E-state index is 12.5. The van der Waals surface area contributed by atoms with Gasteiger partial charge in [0.1, 0.15) is 5.75 Å². The predicted octanol–water partition coefficient (Wildman–Crippen LogP) is 3.38. The molecule has 0 bridgehead atoms. The number of ether oxygens (including phenoxy) is 2. The van der Waals surface area contributed by atoms with E-state index in [4.69, 9.17) is 9.47 Å². The van der Waals surface area contributed by atoms with Gasteiger partial charge in [-0.25, -0.2) is 0 Å². The lowest BCUT2D eigenvalue weighted by molar-refractivity contribution is -0.113. The Morgan fingerprint density at radius 2 is 1.95 bits per heavy atom. The van der Waals surface area contributed by atoms with E-state index in [-0.39, 0.29) is 5.91 Å². The molecule has 0 fully saturated rings. The molecule has 0 aliphatic carbocycles. The van der Waals surface area contributed by atoms with Gasteiger partial charge in [0.2, 0.25) is 0 Å². The molecule has 2 rings (SSSR count). The van der Waals surface area contributed by atoms with Crippen LogP contribution in [-0.4, -0.2) is 34.8 Å². The number of methoxy groups -OCH3 is 2. The van der Waals surface area contributed by atoms with Crippen molar-refractivity contribution in [3.63, 3.8) is 0 Å². The van der Waals surface area contributed by atoms with Crippen LogP contribution in [0.5, 0.6) is 5.75 Å². The molecule has 0 spiro atoms. The number of hydrogen-bond acceptors (Lipinski definition) is 3. The Labute approximate surface area is 133 Å². The zero-order chi connectivity index (χ0) is 16.3. The molecule has 5 heteroatoms. The van der Waals surface area contributed by atoms with Crippen molar-refractivity contribution >= 4 is 19.7 Å². The van der Waals surface area contributed by atoms with Gasteiger partial charge in [-0.2, -0.15) is 0 Å². The van der Waals surface area contributed by atoms with Crippen LogP contribution < -0.4 is 9.64 Å². The topological polar surface area (TPSA) is 38.8 Å². The summed E-state index contributed by atoms with van der Waals surface area (Å²) in [5.41, 5.74) is 4.93. The fourth-order valence-corrected chi connectivity index (χ4v) is 3.54. The van der Waals surface area contributed by atoms with Gasteiger partial charge in [0.15, 0.2) is 0 Å². The molecule has 0 atom stereocenters. The first-order valence-corrected chi connectivity index (χ1v) is 10.8. The van der Waals surface area contributed by atoms with E-state index in [2.05, 4.69) is 25.3 Å². The molecule has 4 nitrogen and oxygen atoms in total. The number of benzene rings is 1. The van der Waals surface area contributed by atoms with Crippen LogP contribution in [0.1, 0.15) is 0 Å². The van der Waals surface area contributed by atoms with E-state index in [9.17, 15) is 4.79 Å². The Morgan fingerprint density at radius 1 is 1.23 bits per heavy atom. The van der Waals surface area contributed by atoms with Crippen LogP contribution in [0.4, 0.5) is 5.69 Å². The average molecular weight is 317 g/mol. The summed E-state index contributed by atoms with van der Waals surface area (Å²) >= 11 is 0. The zero-order valence-corrected chi connectivity index (χ0v) is 14.8. The Kier molecular flexibility index (Phi) is 4.88. The van der Waals surface area contributed by atoms with Crippen LogP contribution in [0.25, 0.3) is 0 Å². The van der Waals surface area contributed by atoms with Gasteiger partial charge in [0.05, 0.1) is 27.5 Å². The Hall–Kier alpha value is -1.85. The summed E-state index contributed by atoms with van der Waals surface area (Å²) in [5.74, 6) is 0.697. The van der Waals surface area contributed by atoms with Gasteiger partial charge in [0.25, 0.3) is 5.91 Å². The number of amides is 1. The number of anilines is 1. The van der Waals surface area contributed by atoms with Crippen LogP contribution in [-0.2, 0) is 9.53 Å². The van der Waals surface area contributed by atoms with E-state index < -0.39 is 8.07 Å². The molecular formula is C17H23NO3Si. The predicted molar refractivity (Wildman–Crippen MR) is 91.9 cm³/mol. The van der Waals surface area contributed by atoms with E-state index in [0.29, 0.717) is 6.61 Å². The maximum Gasteiger partial charge on any atom is 0.255 e. The third-order valence-corrected chi connectivity index (χ3v) is 4.41. The van der Waals surface area contributed by atoms with E-state index in [0.717, 1.165) is 22.7 Å². The number of nitrogens with zero attached hydrogens (tertiary/aromatic N) is 1. The summed E-state index contributed by atoms with van der Waals surface area (Å²) in [6, 6.07) is 7.55. The summed E-state index contributed by atoms with van der Waals surface area (Å²) in [5, 5.41) is 0. The Bertz CT molecular complexity index is 629. The van der Waals surface area contributed by atoms with E-state index in [1.54, 1.807) is 25.2 Å². The molecule has 118 valence electrons. The van der Waals surface area contributed by atoms with Gasteiger partial charge < -0.3 is 9.47 Å². The molecule has 0 aromatic heterocycles. The highest BCUT2D eigenvalue weighted by atomic mass is 28.3. The van der Waals surface area contributed by atoms with Gasteiger partial charge in [-0.05, 0) is 12.1 Å². The van der Waals surface area contributed by atoms with Crippen LogP contribution >= 0.6 is 0 Å². The molecule has 0 radical (unpaired) electrons. The van der Waals surface area contributed by atoms with Crippen molar-refractivity contribution in [1.82, 2.24) is 0 Å². The Balaban J connectivity index is 2.48. The molecule has 22 heavy (non-hydrogen) atoms. The molecule has 0 N–H and O–H groups in total. The third-order valence-electron chi connectivity index (χ3n) is 3.27. The van der Waals surface area contributed by atoms with Crippen LogP contribution in [0.2, 0.25) is 19.6 Å². The number of carbonyl (C=O) groups is 1. The summed E-state index contributed by atoms with van der Waals surface area (Å²) in [4.78, 5) is 14.2. The second kappa shape index (κ2) is 6.50. The highest BCUT2D eigenvalue weighted by Gasteiger charge is 2.30. The van der Waals surface area contributed by atoms with Crippen molar-refractivity contribution in [2.45, 2.75) is 19.6 Å². The van der Waals surface area contributed by atoms with Crippen LogP contribution in [0.3, 0.4) is 0 Å². The quantitative estimate of drug-likeness (QED) is 0.782. The minimum Gasteiger partial charge on any atom is -0.497 e. The first kappa shape index (κ1) is 16.5. The van der Waals surface area contributed by atoms with Gasteiger partial charge >= 0.3 is 0 Å². The summed E-state index contributed by atoms with van der Waals surface area (Å²) in [7, 11) is 1.77. The van der Waals surface area contributed by atoms with Crippen molar-refractivity contribution in [3.05, 3.63) is 47.3 Å². The molecule has 1 heterocycles. The molecule has 1 aliphatic rings. The van der Waals surface area contributed by atoms with Gasteiger partial charge in [-0.1, -0.05) is 31.4 Å². The van der Waals surface area contributed by atoms with Crippen molar-refractivity contribution in [1.29, 1.82) is 0 Å². The summed E-state index contributed by atoms with van der Waals surface area (Å²) in [6.07, 6.45) is 1.66. The minimum atomic E-state index is -1.50. The largest absolute Gasteiger partial charge is 0.497 e. The zero-order valence-electron chi connectivity index (χ0n) is 13.8. The molecule has 0 unspecified atom stereocenters. The lowest BCUT2D eigenvalue weighted by Crippen LogP contribution is -2.28. The minimum absolute atomic E-state index is 0.0372. The molecule has 0 saturated heterocycles. The van der Waals surface area contributed by atoms with Crippen LogP contribution in [0.15, 0.2) is 47.3 Å². The molecular weight excluding hydrogens is 294 g/mol. The summed E-state index contributed by atoms with van der Waals surface area (Å²) < 4.78 is 10.5. The van der Waals surface area contributed by atoms with Crippen molar-refractivity contribution in [3.8, 4) is 5.75 Å². The molecule has 1 aromatic carbocycles. The van der Waals surface area contributed by atoms with Gasteiger partial charge in [-0.15, -0.1) is 0 Å². The van der Waals surface area contributed by atoms with Gasteiger partial charge in [0, 0.05) is 30.5 Å². The standard InChI is InChI=1S/C17H23NO3Si/c1-20-11-13-9-17(19)18(16(13)12-22(3,4)5)14-7-6-8-15(10-14)21-2/h6-10,12H,11H2,1-5H3/b16-12+. The second-order valence-corrected chi connectivity index (χ2v) is 11.4. The SMILES string of the molecule is COCC1=CC(=O)N(c2cccc(OC)c2)/C1=C/[Si](C)(C)C. The number of carbonyl (C=O) groups excluding carboxylic acids is 1. The second-order valence-electron chi connectivity index (χ2n) is 6.37.